The highest BCUT2D eigenvalue weighted by molar-refractivity contribution is 6.30. The Bertz CT molecular complexity index is 491. The van der Waals surface area contributed by atoms with Crippen LogP contribution in [-0.2, 0) is 6.54 Å². The van der Waals surface area contributed by atoms with Crippen LogP contribution in [0, 0.1) is 0 Å². The van der Waals surface area contributed by atoms with Crippen molar-refractivity contribution in [2.24, 2.45) is 0 Å². The van der Waals surface area contributed by atoms with Gasteiger partial charge in [0.25, 0.3) is 5.91 Å². The summed E-state index contributed by atoms with van der Waals surface area (Å²) in [5.74, 6) is -0.170. The van der Waals surface area contributed by atoms with Crippen LogP contribution in [0.5, 0.6) is 0 Å². The predicted octanol–water partition coefficient (Wildman–Crippen LogP) is 1.68. The zero-order valence-electron chi connectivity index (χ0n) is 9.35. The second-order valence-corrected chi connectivity index (χ2v) is 4.27. The first-order chi connectivity index (χ1) is 8.15. The van der Waals surface area contributed by atoms with Crippen molar-refractivity contribution < 1.29 is 4.79 Å². The number of aromatic amines is 1. The van der Waals surface area contributed by atoms with E-state index in [2.05, 4.69) is 15.4 Å². The molecule has 2 rings (SSSR count). The summed E-state index contributed by atoms with van der Waals surface area (Å²) in [7, 11) is 0. The molecule has 0 aliphatic heterocycles. The van der Waals surface area contributed by atoms with Crippen molar-refractivity contribution in [2.75, 3.05) is 0 Å². The second-order valence-electron chi connectivity index (χ2n) is 3.83. The fourth-order valence-electron chi connectivity index (χ4n) is 1.54. The van der Waals surface area contributed by atoms with Crippen molar-refractivity contribution in [1.82, 2.24) is 20.1 Å². The van der Waals surface area contributed by atoms with Gasteiger partial charge in [-0.25, -0.2) is 0 Å². The number of rotatable bonds is 4. The maximum atomic E-state index is 11.8. The number of hydrogen-bond donors (Lipinski definition) is 2. The van der Waals surface area contributed by atoms with Crippen LogP contribution < -0.4 is 5.32 Å². The van der Waals surface area contributed by atoms with Gasteiger partial charge in [-0.1, -0.05) is 11.6 Å². The molecule has 2 aromatic heterocycles. The molecule has 2 N–H and O–H groups in total. The molecule has 0 aliphatic rings. The van der Waals surface area contributed by atoms with Crippen molar-refractivity contribution in [3.63, 3.8) is 0 Å². The number of nitrogens with zero attached hydrogens (tertiary/aromatic N) is 2. The van der Waals surface area contributed by atoms with Crippen LogP contribution in [0.3, 0.4) is 0 Å². The minimum Gasteiger partial charge on any atom is -0.356 e. The molecule has 2 aromatic rings. The molecular formula is C11H13ClN4O. The van der Waals surface area contributed by atoms with E-state index in [1.54, 1.807) is 23.1 Å². The molecule has 90 valence electrons. The summed E-state index contributed by atoms with van der Waals surface area (Å²) in [4.78, 5) is 14.6. The van der Waals surface area contributed by atoms with E-state index in [1.165, 1.54) is 0 Å². The van der Waals surface area contributed by atoms with Crippen LogP contribution in [0.1, 0.15) is 17.4 Å². The van der Waals surface area contributed by atoms with Gasteiger partial charge in [-0.3, -0.25) is 9.48 Å². The van der Waals surface area contributed by atoms with Crippen molar-refractivity contribution in [1.29, 1.82) is 0 Å². The van der Waals surface area contributed by atoms with Gasteiger partial charge in [0.1, 0.15) is 5.69 Å². The molecule has 0 spiro atoms. The minimum absolute atomic E-state index is 0.00974. The summed E-state index contributed by atoms with van der Waals surface area (Å²) in [5.41, 5.74) is 0.460. The Balaban J connectivity index is 1.90. The zero-order valence-corrected chi connectivity index (χ0v) is 10.1. The Morgan fingerprint density at radius 2 is 2.53 bits per heavy atom. The van der Waals surface area contributed by atoms with E-state index in [1.807, 2.05) is 19.2 Å². The summed E-state index contributed by atoms with van der Waals surface area (Å²) >= 11 is 5.73. The lowest BCUT2D eigenvalue weighted by Crippen LogP contribution is -2.35. The van der Waals surface area contributed by atoms with Gasteiger partial charge in [-0.05, 0) is 19.1 Å². The lowest BCUT2D eigenvalue weighted by Gasteiger charge is -2.13. The van der Waals surface area contributed by atoms with E-state index in [0.29, 0.717) is 17.3 Å². The highest BCUT2D eigenvalue weighted by Crippen LogP contribution is 2.09. The smallest absolute Gasteiger partial charge is 0.268 e. The Morgan fingerprint density at radius 1 is 1.71 bits per heavy atom. The second kappa shape index (κ2) is 5.05. The predicted molar refractivity (Wildman–Crippen MR) is 65.0 cm³/mol. The molecule has 0 aromatic carbocycles. The third kappa shape index (κ3) is 3.10. The molecule has 0 unspecified atom stereocenters. The van der Waals surface area contributed by atoms with Crippen LogP contribution in [0.2, 0.25) is 5.02 Å². The van der Waals surface area contributed by atoms with Crippen molar-refractivity contribution in [3.05, 3.63) is 41.4 Å². The Hall–Kier alpha value is -1.75. The van der Waals surface area contributed by atoms with E-state index in [9.17, 15) is 4.79 Å². The molecule has 1 amide bonds. The van der Waals surface area contributed by atoms with Crippen molar-refractivity contribution >= 4 is 17.5 Å². The topological polar surface area (TPSA) is 62.7 Å². The summed E-state index contributed by atoms with van der Waals surface area (Å²) in [6.07, 6.45) is 5.14. The quantitative estimate of drug-likeness (QED) is 0.870. The molecule has 0 bridgehead atoms. The maximum Gasteiger partial charge on any atom is 0.268 e. The van der Waals surface area contributed by atoms with Crippen molar-refractivity contribution in [2.45, 2.75) is 19.5 Å². The molecule has 0 saturated carbocycles. The number of halogens is 1. The highest BCUT2D eigenvalue weighted by Gasteiger charge is 2.11. The number of carbonyl (C=O) groups is 1. The molecule has 0 aliphatic carbocycles. The first kappa shape index (κ1) is 11.7. The van der Waals surface area contributed by atoms with Gasteiger partial charge in [0.15, 0.2) is 0 Å². The molecular weight excluding hydrogens is 240 g/mol. The monoisotopic (exact) mass is 252 g/mol. The first-order valence-electron chi connectivity index (χ1n) is 5.27. The van der Waals surface area contributed by atoms with Crippen LogP contribution >= 0.6 is 11.6 Å². The van der Waals surface area contributed by atoms with Crippen LogP contribution in [0.15, 0.2) is 30.7 Å². The van der Waals surface area contributed by atoms with Gasteiger partial charge >= 0.3 is 0 Å². The molecule has 5 nitrogen and oxygen atoms in total. The van der Waals surface area contributed by atoms with Gasteiger partial charge in [-0.15, -0.1) is 0 Å². The van der Waals surface area contributed by atoms with Crippen LogP contribution in [0.25, 0.3) is 0 Å². The van der Waals surface area contributed by atoms with E-state index in [0.717, 1.165) is 0 Å². The average Bonchev–Trinajstić information content (AvgIpc) is 2.89. The number of H-pyrrole nitrogens is 1. The van der Waals surface area contributed by atoms with E-state index in [4.69, 9.17) is 11.6 Å². The molecule has 17 heavy (non-hydrogen) atoms. The Labute approximate surface area is 104 Å². The van der Waals surface area contributed by atoms with Crippen LogP contribution in [0.4, 0.5) is 0 Å². The first-order valence-corrected chi connectivity index (χ1v) is 5.65. The number of hydrogen-bond acceptors (Lipinski definition) is 2. The highest BCUT2D eigenvalue weighted by atomic mass is 35.5. The van der Waals surface area contributed by atoms with E-state index < -0.39 is 0 Å². The van der Waals surface area contributed by atoms with Gasteiger partial charge in [0.2, 0.25) is 0 Å². The van der Waals surface area contributed by atoms with E-state index >= 15 is 0 Å². The van der Waals surface area contributed by atoms with E-state index in [-0.39, 0.29) is 11.9 Å². The zero-order chi connectivity index (χ0) is 12.3. The maximum absolute atomic E-state index is 11.8. The molecule has 1 atom stereocenters. The molecule has 0 fully saturated rings. The average molecular weight is 253 g/mol. The van der Waals surface area contributed by atoms with Gasteiger partial charge in [0, 0.05) is 24.6 Å². The number of carbonyl (C=O) groups excluding carboxylic acids is 1. The van der Waals surface area contributed by atoms with Gasteiger partial charge < -0.3 is 10.3 Å². The number of nitrogens with one attached hydrogen (secondary N) is 2. The van der Waals surface area contributed by atoms with Gasteiger partial charge in [0.05, 0.1) is 11.6 Å². The van der Waals surface area contributed by atoms with Crippen molar-refractivity contribution in [3.8, 4) is 0 Å². The summed E-state index contributed by atoms with van der Waals surface area (Å²) in [6.45, 7) is 2.55. The Kier molecular flexibility index (Phi) is 3.49. The summed E-state index contributed by atoms with van der Waals surface area (Å²) in [6, 6.07) is 3.43. The number of aromatic nitrogens is 3. The normalized spacial score (nSPS) is 12.4. The van der Waals surface area contributed by atoms with Gasteiger partial charge in [-0.2, -0.15) is 5.10 Å². The van der Waals surface area contributed by atoms with Crippen LogP contribution in [-0.4, -0.2) is 26.7 Å². The minimum atomic E-state index is -0.170. The molecule has 0 saturated heterocycles. The molecule has 6 heteroatoms. The molecule has 0 radical (unpaired) electrons. The summed E-state index contributed by atoms with van der Waals surface area (Å²) in [5, 5.41) is 7.46. The lowest BCUT2D eigenvalue weighted by atomic mass is 10.3. The lowest BCUT2D eigenvalue weighted by molar-refractivity contribution is 0.0931. The standard InChI is InChI=1S/C11H13ClN4O/c1-8(7-16-4-2-3-14-16)15-11(17)10-5-9(12)6-13-10/h2-6,8,13H,7H2,1H3,(H,15,17)/t8-/m0/s1. The molecule has 2 heterocycles. The fourth-order valence-corrected chi connectivity index (χ4v) is 1.70. The summed E-state index contributed by atoms with van der Waals surface area (Å²) < 4.78 is 1.77. The largest absolute Gasteiger partial charge is 0.356 e. The fraction of sp³-hybridized carbons (Fsp3) is 0.273. The third-order valence-electron chi connectivity index (χ3n) is 2.29. The Morgan fingerprint density at radius 3 is 3.12 bits per heavy atom. The number of amides is 1. The SMILES string of the molecule is C[C@@H](Cn1cccn1)NC(=O)c1cc(Cl)c[nH]1. The third-order valence-corrected chi connectivity index (χ3v) is 2.51.